The Labute approximate surface area is 79.7 Å². The molecule has 0 spiro atoms. The molecule has 0 N–H and O–H groups in total. The van der Waals surface area contributed by atoms with Gasteiger partial charge in [0, 0.05) is 6.42 Å². The van der Waals surface area contributed by atoms with Gasteiger partial charge in [-0.1, -0.05) is 6.92 Å². The average Bonchev–Trinajstić information content (AvgIpc) is 2.65. The highest BCUT2D eigenvalue weighted by atomic mass is 16.5. The van der Waals surface area contributed by atoms with E-state index >= 15 is 0 Å². The fraction of sp³-hybridized carbons (Fsp3) is 0.909. The van der Waals surface area contributed by atoms with Crippen molar-refractivity contribution < 1.29 is 9.53 Å². The first-order valence-electron chi connectivity index (χ1n) is 5.49. The quantitative estimate of drug-likeness (QED) is 0.627. The summed E-state index contributed by atoms with van der Waals surface area (Å²) < 4.78 is 5.45. The maximum atomic E-state index is 11.3. The van der Waals surface area contributed by atoms with Crippen LogP contribution in [0.25, 0.3) is 0 Å². The summed E-state index contributed by atoms with van der Waals surface area (Å²) in [6, 6.07) is 0. The summed E-state index contributed by atoms with van der Waals surface area (Å²) >= 11 is 0. The van der Waals surface area contributed by atoms with E-state index in [1.807, 2.05) is 6.92 Å². The third kappa shape index (κ3) is 1.87. The Bertz CT molecular complexity index is 200. The van der Waals surface area contributed by atoms with E-state index in [-0.39, 0.29) is 12.1 Å². The van der Waals surface area contributed by atoms with Crippen LogP contribution in [0.4, 0.5) is 0 Å². The third-order valence-electron chi connectivity index (χ3n) is 3.41. The van der Waals surface area contributed by atoms with Gasteiger partial charge in [0.1, 0.15) is 6.10 Å². The number of hydrogen-bond acceptors (Lipinski definition) is 2. The van der Waals surface area contributed by atoms with Gasteiger partial charge in [0.25, 0.3) is 0 Å². The fourth-order valence-electron chi connectivity index (χ4n) is 2.76. The molecule has 0 aromatic heterocycles. The predicted octanol–water partition coefficient (Wildman–Crippen LogP) is 2.52. The largest absolute Gasteiger partial charge is 0.462 e. The van der Waals surface area contributed by atoms with E-state index in [1.54, 1.807) is 0 Å². The lowest BCUT2D eigenvalue weighted by molar-refractivity contribution is -0.151. The summed E-state index contributed by atoms with van der Waals surface area (Å²) in [6.07, 6.45) is 6.87. The second kappa shape index (κ2) is 3.69. The number of carbonyl (C=O) groups excluding carboxylic acids is 1. The first-order chi connectivity index (χ1) is 6.29. The number of rotatable bonds is 3. The first-order valence-corrected chi connectivity index (χ1v) is 5.49. The molecular formula is C11H18O2. The van der Waals surface area contributed by atoms with Gasteiger partial charge in [-0.05, 0) is 43.9 Å². The summed E-state index contributed by atoms with van der Waals surface area (Å²) in [4.78, 5) is 11.3. The topological polar surface area (TPSA) is 26.3 Å². The average molecular weight is 182 g/mol. The van der Waals surface area contributed by atoms with E-state index in [0.717, 1.165) is 18.8 Å². The lowest BCUT2D eigenvalue weighted by atomic mass is 9.98. The van der Waals surface area contributed by atoms with Crippen molar-refractivity contribution in [2.45, 2.75) is 51.6 Å². The van der Waals surface area contributed by atoms with Crippen molar-refractivity contribution in [2.24, 2.45) is 11.8 Å². The van der Waals surface area contributed by atoms with Crippen LogP contribution in [0.3, 0.4) is 0 Å². The molecule has 2 bridgehead atoms. The zero-order chi connectivity index (χ0) is 9.26. The minimum atomic E-state index is 0.0139. The van der Waals surface area contributed by atoms with Gasteiger partial charge < -0.3 is 4.74 Å². The molecule has 2 nitrogen and oxygen atoms in total. The number of ether oxygens (including phenoxy) is 1. The number of carbonyl (C=O) groups is 1. The van der Waals surface area contributed by atoms with Gasteiger partial charge in [-0.25, -0.2) is 0 Å². The van der Waals surface area contributed by atoms with Crippen LogP contribution in [0, 0.1) is 11.8 Å². The molecule has 2 heteroatoms. The Hall–Kier alpha value is -0.530. The van der Waals surface area contributed by atoms with Crippen LogP contribution < -0.4 is 0 Å². The zero-order valence-electron chi connectivity index (χ0n) is 8.29. The molecule has 0 radical (unpaired) electrons. The summed E-state index contributed by atoms with van der Waals surface area (Å²) in [5.41, 5.74) is 0. The normalized spacial score (nSPS) is 36.5. The summed E-state index contributed by atoms with van der Waals surface area (Å²) in [6.45, 7) is 2.02. The van der Waals surface area contributed by atoms with Gasteiger partial charge >= 0.3 is 5.97 Å². The molecule has 0 aromatic rings. The van der Waals surface area contributed by atoms with Gasteiger partial charge in [-0.3, -0.25) is 4.79 Å². The van der Waals surface area contributed by atoms with Gasteiger partial charge in [-0.15, -0.1) is 0 Å². The highest BCUT2D eigenvalue weighted by Crippen LogP contribution is 2.45. The van der Waals surface area contributed by atoms with Crippen molar-refractivity contribution in [1.29, 1.82) is 0 Å². The molecule has 2 fully saturated rings. The Kier molecular flexibility index (Phi) is 2.56. The van der Waals surface area contributed by atoms with Gasteiger partial charge in [0.2, 0.25) is 0 Å². The smallest absolute Gasteiger partial charge is 0.306 e. The van der Waals surface area contributed by atoms with Gasteiger partial charge in [0.05, 0.1) is 0 Å². The molecule has 2 aliphatic carbocycles. The van der Waals surface area contributed by atoms with E-state index in [0.29, 0.717) is 12.3 Å². The minimum absolute atomic E-state index is 0.0139. The SMILES string of the molecule is CCCC(=O)O[C@@H]1C[C@@H]2CC[C@@H]1C2. The van der Waals surface area contributed by atoms with Crippen molar-refractivity contribution in [3.63, 3.8) is 0 Å². The number of hydrogen-bond donors (Lipinski definition) is 0. The standard InChI is InChI=1S/C11H18O2/c1-2-3-11(12)13-10-7-8-4-5-9(10)6-8/h8-10H,2-7H2,1H3/t8-,9-,10-/m1/s1. The Morgan fingerprint density at radius 2 is 2.23 bits per heavy atom. The summed E-state index contributed by atoms with van der Waals surface area (Å²) in [7, 11) is 0. The Morgan fingerprint density at radius 3 is 2.77 bits per heavy atom. The molecular weight excluding hydrogens is 164 g/mol. The van der Waals surface area contributed by atoms with E-state index in [9.17, 15) is 4.79 Å². The van der Waals surface area contributed by atoms with Crippen LogP contribution in [0.2, 0.25) is 0 Å². The van der Waals surface area contributed by atoms with E-state index in [1.165, 1.54) is 19.3 Å². The molecule has 74 valence electrons. The highest BCUT2D eigenvalue weighted by molar-refractivity contribution is 5.69. The Morgan fingerprint density at radius 1 is 1.38 bits per heavy atom. The lowest BCUT2D eigenvalue weighted by Gasteiger charge is -2.21. The van der Waals surface area contributed by atoms with E-state index in [4.69, 9.17) is 4.74 Å². The summed E-state index contributed by atoms with van der Waals surface area (Å²) in [5.74, 6) is 1.58. The zero-order valence-corrected chi connectivity index (χ0v) is 8.29. The van der Waals surface area contributed by atoms with Crippen molar-refractivity contribution in [3.8, 4) is 0 Å². The highest BCUT2D eigenvalue weighted by Gasteiger charge is 2.41. The molecule has 0 aliphatic heterocycles. The Balaban J connectivity index is 1.79. The molecule has 2 rings (SSSR count). The van der Waals surface area contributed by atoms with Crippen LogP contribution in [-0.4, -0.2) is 12.1 Å². The van der Waals surface area contributed by atoms with Crippen LogP contribution in [-0.2, 0) is 9.53 Å². The molecule has 2 saturated carbocycles. The molecule has 0 unspecified atom stereocenters. The molecule has 0 aromatic carbocycles. The predicted molar refractivity (Wildman–Crippen MR) is 50.2 cm³/mol. The van der Waals surface area contributed by atoms with Crippen molar-refractivity contribution in [1.82, 2.24) is 0 Å². The monoisotopic (exact) mass is 182 g/mol. The van der Waals surface area contributed by atoms with Gasteiger partial charge in [-0.2, -0.15) is 0 Å². The second-order valence-electron chi connectivity index (χ2n) is 4.45. The minimum Gasteiger partial charge on any atom is -0.462 e. The molecule has 0 heterocycles. The molecule has 2 aliphatic rings. The summed E-state index contributed by atoms with van der Waals surface area (Å²) in [5, 5.41) is 0. The van der Waals surface area contributed by atoms with Crippen molar-refractivity contribution in [3.05, 3.63) is 0 Å². The van der Waals surface area contributed by atoms with Crippen molar-refractivity contribution >= 4 is 5.97 Å². The molecule has 13 heavy (non-hydrogen) atoms. The van der Waals surface area contributed by atoms with Crippen LogP contribution in [0.1, 0.15) is 45.4 Å². The number of fused-ring (bicyclic) bond motifs is 2. The van der Waals surface area contributed by atoms with Crippen molar-refractivity contribution in [2.75, 3.05) is 0 Å². The van der Waals surface area contributed by atoms with Crippen LogP contribution in [0.5, 0.6) is 0 Å². The molecule has 0 amide bonds. The van der Waals surface area contributed by atoms with Crippen LogP contribution >= 0.6 is 0 Å². The van der Waals surface area contributed by atoms with Gasteiger partial charge in [0.15, 0.2) is 0 Å². The lowest BCUT2D eigenvalue weighted by Crippen LogP contribution is -2.23. The fourth-order valence-corrected chi connectivity index (χ4v) is 2.76. The number of esters is 1. The maximum absolute atomic E-state index is 11.3. The first kappa shape index (κ1) is 9.04. The third-order valence-corrected chi connectivity index (χ3v) is 3.41. The van der Waals surface area contributed by atoms with Crippen LogP contribution in [0.15, 0.2) is 0 Å². The maximum Gasteiger partial charge on any atom is 0.306 e. The molecule has 0 saturated heterocycles. The van der Waals surface area contributed by atoms with E-state index in [2.05, 4.69) is 0 Å². The second-order valence-corrected chi connectivity index (χ2v) is 4.45. The molecule has 3 atom stereocenters. The van der Waals surface area contributed by atoms with E-state index < -0.39 is 0 Å².